The minimum Gasteiger partial charge on any atom is -0.350 e. The summed E-state index contributed by atoms with van der Waals surface area (Å²) in [6.45, 7) is 4.63. The van der Waals surface area contributed by atoms with Crippen LogP contribution in [0, 0.1) is 0 Å². The van der Waals surface area contributed by atoms with Crippen LogP contribution >= 0.6 is 11.3 Å². The summed E-state index contributed by atoms with van der Waals surface area (Å²) in [5, 5.41) is 5.94. The van der Waals surface area contributed by atoms with Gasteiger partial charge in [0.25, 0.3) is 0 Å². The maximum Gasteiger partial charge on any atom is 0.240 e. The van der Waals surface area contributed by atoms with Crippen LogP contribution in [-0.4, -0.2) is 25.4 Å². The fourth-order valence-corrected chi connectivity index (χ4v) is 4.67. The van der Waals surface area contributed by atoms with Crippen LogP contribution in [0.3, 0.4) is 0 Å². The van der Waals surface area contributed by atoms with Gasteiger partial charge in [0.15, 0.2) is 0 Å². The van der Waals surface area contributed by atoms with Gasteiger partial charge in [-0.05, 0) is 37.0 Å². The molecule has 1 amide bonds. The second-order valence-electron chi connectivity index (χ2n) is 7.15. The quantitative estimate of drug-likeness (QED) is 0.669. The SMILES string of the molecule is CC(C)c1nc(CNC(=O)CCc2ccc(S(=O)(=O)NC3CC3)cc2)cs1. The zero-order valence-electron chi connectivity index (χ0n) is 15.6. The molecule has 0 bridgehead atoms. The first-order valence-electron chi connectivity index (χ1n) is 9.16. The Morgan fingerprint density at radius 2 is 1.96 bits per heavy atom. The minimum atomic E-state index is -3.42. The summed E-state index contributed by atoms with van der Waals surface area (Å²) < 4.78 is 26.9. The summed E-state index contributed by atoms with van der Waals surface area (Å²) >= 11 is 1.61. The maximum atomic E-state index is 12.1. The molecule has 0 aliphatic heterocycles. The number of aryl methyl sites for hydroxylation is 1. The summed E-state index contributed by atoms with van der Waals surface area (Å²) in [6, 6.07) is 6.82. The van der Waals surface area contributed by atoms with Crippen LogP contribution < -0.4 is 10.0 Å². The molecule has 8 heteroatoms. The standard InChI is InChI=1S/C19H25N3O3S2/c1-13(2)19-21-16(12-26-19)11-20-18(23)10-5-14-3-8-17(9-4-14)27(24,25)22-15-6-7-15/h3-4,8-9,12-13,15,22H,5-7,10-11H2,1-2H3,(H,20,23). The van der Waals surface area contributed by atoms with Crippen molar-refractivity contribution in [1.29, 1.82) is 0 Å². The molecule has 0 spiro atoms. The van der Waals surface area contributed by atoms with Crippen molar-refractivity contribution in [3.8, 4) is 0 Å². The Bertz CT molecular complexity index is 885. The Hall–Kier alpha value is -1.77. The Morgan fingerprint density at radius 1 is 1.26 bits per heavy atom. The second kappa shape index (κ2) is 8.50. The Kier molecular flexibility index (Phi) is 6.29. The zero-order valence-corrected chi connectivity index (χ0v) is 17.2. The van der Waals surface area contributed by atoms with E-state index < -0.39 is 10.0 Å². The molecule has 3 rings (SSSR count). The number of carbonyl (C=O) groups is 1. The van der Waals surface area contributed by atoms with Crippen molar-refractivity contribution in [3.05, 3.63) is 45.9 Å². The number of hydrogen-bond donors (Lipinski definition) is 2. The van der Waals surface area contributed by atoms with Crippen molar-refractivity contribution in [2.75, 3.05) is 0 Å². The van der Waals surface area contributed by atoms with Crippen molar-refractivity contribution in [2.24, 2.45) is 0 Å². The van der Waals surface area contributed by atoms with E-state index in [1.54, 1.807) is 35.6 Å². The van der Waals surface area contributed by atoms with Gasteiger partial charge in [-0.1, -0.05) is 26.0 Å². The van der Waals surface area contributed by atoms with Crippen LogP contribution in [0.15, 0.2) is 34.5 Å². The lowest BCUT2D eigenvalue weighted by Crippen LogP contribution is -2.25. The van der Waals surface area contributed by atoms with E-state index in [0.717, 1.165) is 29.1 Å². The molecule has 2 aromatic rings. The van der Waals surface area contributed by atoms with Crippen molar-refractivity contribution < 1.29 is 13.2 Å². The van der Waals surface area contributed by atoms with Crippen LogP contribution in [0.5, 0.6) is 0 Å². The molecular formula is C19H25N3O3S2. The predicted molar refractivity (Wildman–Crippen MR) is 106 cm³/mol. The molecule has 146 valence electrons. The van der Waals surface area contributed by atoms with Gasteiger partial charge in [0.2, 0.25) is 15.9 Å². The van der Waals surface area contributed by atoms with E-state index in [-0.39, 0.29) is 16.8 Å². The third-order valence-corrected chi connectivity index (χ3v) is 7.03. The molecule has 0 atom stereocenters. The molecule has 0 saturated heterocycles. The fourth-order valence-electron chi connectivity index (χ4n) is 2.53. The molecule has 1 aromatic heterocycles. The highest BCUT2D eigenvalue weighted by Crippen LogP contribution is 2.22. The maximum absolute atomic E-state index is 12.1. The highest BCUT2D eigenvalue weighted by Gasteiger charge is 2.27. The first-order valence-corrected chi connectivity index (χ1v) is 11.5. The summed E-state index contributed by atoms with van der Waals surface area (Å²) in [7, 11) is -3.42. The number of sulfonamides is 1. The van der Waals surface area contributed by atoms with Gasteiger partial charge in [-0.2, -0.15) is 0 Å². The lowest BCUT2D eigenvalue weighted by Gasteiger charge is -2.07. The van der Waals surface area contributed by atoms with Gasteiger partial charge in [0.1, 0.15) is 0 Å². The highest BCUT2D eigenvalue weighted by molar-refractivity contribution is 7.89. The molecular weight excluding hydrogens is 382 g/mol. The van der Waals surface area contributed by atoms with E-state index in [2.05, 4.69) is 28.9 Å². The molecule has 0 radical (unpaired) electrons. The average Bonchev–Trinajstić information content (AvgIpc) is 3.30. The summed E-state index contributed by atoms with van der Waals surface area (Å²) in [4.78, 5) is 16.8. The van der Waals surface area contributed by atoms with Crippen LogP contribution in [-0.2, 0) is 27.8 Å². The van der Waals surface area contributed by atoms with Gasteiger partial charge in [-0.25, -0.2) is 18.1 Å². The zero-order chi connectivity index (χ0) is 19.4. The lowest BCUT2D eigenvalue weighted by molar-refractivity contribution is -0.121. The van der Waals surface area contributed by atoms with Crippen LogP contribution in [0.1, 0.15) is 55.3 Å². The highest BCUT2D eigenvalue weighted by atomic mass is 32.2. The largest absolute Gasteiger partial charge is 0.350 e. The molecule has 1 aromatic carbocycles. The smallest absolute Gasteiger partial charge is 0.240 e. The van der Waals surface area contributed by atoms with Gasteiger partial charge in [-0.15, -0.1) is 11.3 Å². The van der Waals surface area contributed by atoms with E-state index in [1.807, 2.05) is 5.38 Å². The van der Waals surface area contributed by atoms with Gasteiger partial charge >= 0.3 is 0 Å². The molecule has 1 aliphatic rings. The number of thiazole rings is 1. The predicted octanol–water partition coefficient (Wildman–Crippen LogP) is 2.96. The molecule has 0 unspecified atom stereocenters. The van der Waals surface area contributed by atoms with E-state index in [0.29, 0.717) is 25.3 Å². The number of benzene rings is 1. The van der Waals surface area contributed by atoms with E-state index in [4.69, 9.17) is 0 Å². The lowest BCUT2D eigenvalue weighted by atomic mass is 10.1. The van der Waals surface area contributed by atoms with Crippen molar-refractivity contribution >= 4 is 27.3 Å². The number of hydrogen-bond acceptors (Lipinski definition) is 5. The average molecular weight is 408 g/mol. The molecule has 1 saturated carbocycles. The minimum absolute atomic E-state index is 0.0406. The molecule has 1 heterocycles. The Balaban J connectivity index is 1.45. The monoisotopic (exact) mass is 407 g/mol. The second-order valence-corrected chi connectivity index (χ2v) is 9.75. The van der Waals surface area contributed by atoms with Gasteiger partial charge in [0.05, 0.1) is 22.1 Å². The number of rotatable bonds is 9. The summed E-state index contributed by atoms with van der Waals surface area (Å²) in [5.74, 6) is 0.354. The van der Waals surface area contributed by atoms with Crippen molar-refractivity contribution in [1.82, 2.24) is 15.0 Å². The number of aromatic nitrogens is 1. The van der Waals surface area contributed by atoms with E-state index in [1.165, 1.54) is 0 Å². The number of nitrogens with zero attached hydrogens (tertiary/aromatic N) is 1. The van der Waals surface area contributed by atoms with E-state index in [9.17, 15) is 13.2 Å². The van der Waals surface area contributed by atoms with E-state index >= 15 is 0 Å². The molecule has 6 nitrogen and oxygen atoms in total. The number of amides is 1. The first kappa shape index (κ1) is 20.0. The van der Waals surface area contributed by atoms with Crippen LogP contribution in [0.2, 0.25) is 0 Å². The summed E-state index contributed by atoms with van der Waals surface area (Å²) in [6.07, 6.45) is 2.74. The molecule has 1 aliphatic carbocycles. The number of carbonyl (C=O) groups excluding carboxylic acids is 1. The van der Waals surface area contributed by atoms with Gasteiger partial charge in [0, 0.05) is 23.8 Å². The normalized spacial score (nSPS) is 14.5. The van der Waals surface area contributed by atoms with Gasteiger partial charge in [-0.3, -0.25) is 4.79 Å². The third kappa shape index (κ3) is 5.85. The Labute approximate surface area is 164 Å². The molecule has 27 heavy (non-hydrogen) atoms. The number of nitrogens with one attached hydrogen (secondary N) is 2. The van der Waals surface area contributed by atoms with Crippen molar-refractivity contribution in [2.45, 2.75) is 62.9 Å². The fraction of sp³-hybridized carbons (Fsp3) is 0.474. The summed E-state index contributed by atoms with van der Waals surface area (Å²) in [5.41, 5.74) is 1.82. The molecule has 1 fully saturated rings. The topological polar surface area (TPSA) is 88.2 Å². The van der Waals surface area contributed by atoms with Crippen LogP contribution in [0.4, 0.5) is 0 Å². The van der Waals surface area contributed by atoms with Gasteiger partial charge < -0.3 is 5.32 Å². The van der Waals surface area contributed by atoms with Crippen molar-refractivity contribution in [3.63, 3.8) is 0 Å². The first-order chi connectivity index (χ1) is 12.8. The molecule has 2 N–H and O–H groups in total. The Morgan fingerprint density at radius 3 is 2.56 bits per heavy atom. The third-order valence-electron chi connectivity index (χ3n) is 4.30. The van der Waals surface area contributed by atoms with Crippen LogP contribution in [0.25, 0.3) is 0 Å².